The molecule has 11 nitrogen and oxygen atoms in total. The van der Waals surface area contributed by atoms with E-state index in [0.717, 1.165) is 27.9 Å². The molecule has 0 saturated heterocycles. The third-order valence-corrected chi connectivity index (χ3v) is 7.92. The molecule has 0 aliphatic rings. The minimum absolute atomic E-state index is 0.00136. The van der Waals surface area contributed by atoms with Gasteiger partial charge < -0.3 is 30.5 Å². The van der Waals surface area contributed by atoms with Crippen molar-refractivity contribution in [3.8, 4) is 0 Å². The van der Waals surface area contributed by atoms with Crippen LogP contribution < -0.4 is 16.0 Å². The zero-order valence-electron chi connectivity index (χ0n) is 28.1. The highest BCUT2D eigenvalue weighted by Crippen LogP contribution is 2.16. The van der Waals surface area contributed by atoms with E-state index in [1.165, 1.54) is 0 Å². The number of alkyl carbamates (subject to hydrolysis) is 2. The molecule has 2 heterocycles. The van der Waals surface area contributed by atoms with Crippen LogP contribution in [0.5, 0.6) is 0 Å². The van der Waals surface area contributed by atoms with Crippen LogP contribution >= 0.6 is 0 Å². The molecule has 0 unspecified atom stereocenters. The van der Waals surface area contributed by atoms with Crippen molar-refractivity contribution in [2.24, 2.45) is 5.92 Å². The minimum atomic E-state index is -1.08. The summed E-state index contributed by atoms with van der Waals surface area (Å²) < 4.78 is 10.8. The molecule has 0 saturated carbocycles. The Balaban J connectivity index is 1.45. The molecule has 0 aliphatic carbocycles. The highest BCUT2D eigenvalue weighted by atomic mass is 16.6. The molecule has 0 radical (unpaired) electrons. The number of carbonyl (C=O) groups excluding carboxylic acids is 3. The van der Waals surface area contributed by atoms with Crippen LogP contribution in [0.1, 0.15) is 48.2 Å². The lowest BCUT2D eigenvalue weighted by Gasteiger charge is -2.30. The zero-order valence-corrected chi connectivity index (χ0v) is 28.1. The van der Waals surface area contributed by atoms with E-state index in [1.807, 2.05) is 99.6 Å². The fraction of sp³-hybridized carbons (Fsp3) is 0.342. The second kappa shape index (κ2) is 18.9. The lowest BCUT2D eigenvalue weighted by atomic mass is 9.93. The number of aliphatic hydroxyl groups is 1. The van der Waals surface area contributed by atoms with E-state index >= 15 is 0 Å². The van der Waals surface area contributed by atoms with Gasteiger partial charge in [0.25, 0.3) is 0 Å². The smallest absolute Gasteiger partial charge is 0.408 e. The molecule has 4 rings (SSSR count). The van der Waals surface area contributed by atoms with E-state index < -0.39 is 42.3 Å². The van der Waals surface area contributed by atoms with Crippen molar-refractivity contribution >= 4 is 18.1 Å². The number of hydrogen-bond acceptors (Lipinski definition) is 8. The van der Waals surface area contributed by atoms with Gasteiger partial charge >= 0.3 is 12.2 Å². The van der Waals surface area contributed by atoms with Gasteiger partial charge in [-0.15, -0.1) is 0 Å². The molecular weight excluding hydrogens is 622 g/mol. The molecule has 11 heteroatoms. The molecule has 4 N–H and O–H groups in total. The molecule has 258 valence electrons. The Labute approximate surface area is 287 Å². The number of aliphatic hydroxyl groups excluding tert-OH is 1. The summed E-state index contributed by atoms with van der Waals surface area (Å²) in [5.74, 6) is -0.752. The summed E-state index contributed by atoms with van der Waals surface area (Å²) in [6.45, 7) is 5.54. The van der Waals surface area contributed by atoms with Crippen molar-refractivity contribution in [3.05, 3.63) is 131 Å². The van der Waals surface area contributed by atoms with Crippen LogP contribution in [-0.2, 0) is 40.3 Å². The maximum absolute atomic E-state index is 13.7. The number of rotatable bonds is 16. The summed E-state index contributed by atoms with van der Waals surface area (Å²) >= 11 is 0. The second-order valence-electron chi connectivity index (χ2n) is 12.3. The second-order valence-corrected chi connectivity index (χ2v) is 12.3. The Morgan fingerprint density at radius 3 is 1.88 bits per heavy atom. The summed E-state index contributed by atoms with van der Waals surface area (Å²) in [6.07, 6.45) is 3.28. The van der Waals surface area contributed by atoms with Crippen LogP contribution in [0.3, 0.4) is 0 Å². The van der Waals surface area contributed by atoms with Gasteiger partial charge in [0.2, 0.25) is 5.91 Å². The monoisotopic (exact) mass is 667 g/mol. The highest BCUT2D eigenvalue weighted by Gasteiger charge is 2.31. The molecule has 3 amide bonds. The number of carbonyl (C=O) groups is 3. The predicted octanol–water partition coefficient (Wildman–Crippen LogP) is 5.05. The lowest BCUT2D eigenvalue weighted by molar-refractivity contribution is -0.125. The molecular formula is C38H45N5O6. The number of hydrogen-bond donors (Lipinski definition) is 4. The Hall–Kier alpha value is -5.29. The largest absolute Gasteiger partial charge is 0.445 e. The van der Waals surface area contributed by atoms with Crippen molar-refractivity contribution in [1.29, 1.82) is 0 Å². The maximum Gasteiger partial charge on any atom is 0.408 e. The fourth-order valence-corrected chi connectivity index (χ4v) is 5.25. The van der Waals surface area contributed by atoms with Crippen molar-refractivity contribution in [1.82, 2.24) is 25.9 Å². The first-order valence-electron chi connectivity index (χ1n) is 16.4. The van der Waals surface area contributed by atoms with Crippen LogP contribution in [0.25, 0.3) is 0 Å². The number of ether oxygens (including phenoxy) is 2. The number of aryl methyl sites for hydroxylation is 1. The van der Waals surface area contributed by atoms with E-state index in [9.17, 15) is 19.5 Å². The maximum atomic E-state index is 13.7. The molecule has 49 heavy (non-hydrogen) atoms. The van der Waals surface area contributed by atoms with Crippen LogP contribution in [0.15, 0.2) is 104 Å². The first kappa shape index (κ1) is 36.5. The van der Waals surface area contributed by atoms with Gasteiger partial charge in [0, 0.05) is 41.5 Å². The van der Waals surface area contributed by atoms with E-state index in [-0.39, 0.29) is 25.6 Å². The number of nitrogens with one attached hydrogen (secondary N) is 3. The van der Waals surface area contributed by atoms with Gasteiger partial charge in [-0.1, -0.05) is 86.6 Å². The molecule has 4 aromatic rings. The number of nitrogens with zero attached hydrogens (tertiary/aromatic N) is 2. The standard InChI is InChI=1S/C38H45N5O6/c1-26(2)35(43-38(47)49-25-31-17-16-27(3)40-23-31)36(45)42-33(20-29-13-8-5-9-14-29)34(44)21-32(19-28-11-6-4-7-12-28)41-37(46)48-24-30-15-10-18-39-22-30/h4-18,22-23,26,32-35,44H,19-21,24-25H2,1-3H3,(H,41,46)(H,42,45)(H,43,47)/t32-,33-,34-,35-/m0/s1. The normalized spacial score (nSPS) is 13.4. The van der Waals surface area contributed by atoms with Crippen LogP contribution in [0, 0.1) is 12.8 Å². The van der Waals surface area contributed by atoms with Crippen molar-refractivity contribution < 1.29 is 29.0 Å². The van der Waals surface area contributed by atoms with E-state index in [2.05, 4.69) is 25.9 Å². The summed E-state index contributed by atoms with van der Waals surface area (Å²) in [7, 11) is 0. The van der Waals surface area contributed by atoms with Gasteiger partial charge in [-0.2, -0.15) is 0 Å². The fourth-order valence-electron chi connectivity index (χ4n) is 5.25. The van der Waals surface area contributed by atoms with E-state index in [1.54, 1.807) is 24.7 Å². The molecule has 2 aromatic heterocycles. The molecule has 4 atom stereocenters. The van der Waals surface area contributed by atoms with E-state index in [0.29, 0.717) is 12.8 Å². The van der Waals surface area contributed by atoms with Gasteiger partial charge in [0.1, 0.15) is 19.3 Å². The number of amides is 3. The SMILES string of the molecule is Cc1ccc(COC(=O)N[C@H](C(=O)N[C@@H](Cc2ccccc2)[C@@H](O)C[C@H](Cc2ccccc2)NC(=O)OCc2cccnc2)C(C)C)cn1. The third-order valence-electron chi connectivity index (χ3n) is 7.92. The summed E-state index contributed by atoms with van der Waals surface area (Å²) in [6, 6.07) is 24.1. The summed E-state index contributed by atoms with van der Waals surface area (Å²) in [5, 5.41) is 20.3. The van der Waals surface area contributed by atoms with Crippen molar-refractivity contribution in [3.63, 3.8) is 0 Å². The van der Waals surface area contributed by atoms with Crippen LogP contribution in [0.2, 0.25) is 0 Å². The molecule has 2 aromatic carbocycles. The number of benzene rings is 2. The Morgan fingerprint density at radius 1 is 0.714 bits per heavy atom. The van der Waals surface area contributed by atoms with Crippen LogP contribution in [0.4, 0.5) is 9.59 Å². The summed E-state index contributed by atoms with van der Waals surface area (Å²) in [5.41, 5.74) is 4.17. The zero-order chi connectivity index (χ0) is 35.0. The predicted molar refractivity (Wildman–Crippen MR) is 185 cm³/mol. The number of pyridine rings is 2. The number of aromatic nitrogens is 2. The first-order valence-corrected chi connectivity index (χ1v) is 16.4. The molecule has 0 bridgehead atoms. The van der Waals surface area contributed by atoms with Gasteiger partial charge in [-0.3, -0.25) is 14.8 Å². The quantitative estimate of drug-likeness (QED) is 0.130. The van der Waals surface area contributed by atoms with E-state index in [4.69, 9.17) is 9.47 Å². The third kappa shape index (κ3) is 12.7. The van der Waals surface area contributed by atoms with Crippen molar-refractivity contribution in [2.45, 2.75) is 77.5 Å². The minimum Gasteiger partial charge on any atom is -0.445 e. The van der Waals surface area contributed by atoms with Gasteiger partial charge in [0.15, 0.2) is 0 Å². The Kier molecular flexibility index (Phi) is 14.1. The Bertz CT molecular complexity index is 1590. The van der Waals surface area contributed by atoms with Gasteiger partial charge in [0.05, 0.1) is 12.1 Å². The van der Waals surface area contributed by atoms with Gasteiger partial charge in [-0.05, 0) is 55.4 Å². The van der Waals surface area contributed by atoms with Crippen molar-refractivity contribution in [2.75, 3.05) is 0 Å². The highest BCUT2D eigenvalue weighted by molar-refractivity contribution is 5.86. The Morgan fingerprint density at radius 2 is 1.31 bits per heavy atom. The summed E-state index contributed by atoms with van der Waals surface area (Å²) in [4.78, 5) is 47.6. The molecule has 0 spiro atoms. The first-order chi connectivity index (χ1) is 23.7. The topological polar surface area (TPSA) is 152 Å². The lowest BCUT2D eigenvalue weighted by Crippen LogP contribution is -2.56. The van der Waals surface area contributed by atoms with Gasteiger partial charge in [-0.25, -0.2) is 9.59 Å². The molecule has 0 fully saturated rings. The average Bonchev–Trinajstić information content (AvgIpc) is 3.10. The molecule has 0 aliphatic heterocycles. The van der Waals surface area contributed by atoms with Crippen LogP contribution in [-0.4, -0.2) is 57.4 Å². The average molecular weight is 668 g/mol.